The summed E-state index contributed by atoms with van der Waals surface area (Å²) in [6.45, 7) is 4.05. The zero-order valence-electron chi connectivity index (χ0n) is 14.1. The first-order valence-corrected chi connectivity index (χ1v) is 8.08. The van der Waals surface area contributed by atoms with Gasteiger partial charge in [0.1, 0.15) is 5.75 Å². The molecule has 2 aromatic carbocycles. The summed E-state index contributed by atoms with van der Waals surface area (Å²) in [5.74, 6) is 1.00. The van der Waals surface area contributed by atoms with Crippen molar-refractivity contribution in [3.63, 3.8) is 0 Å². The summed E-state index contributed by atoms with van der Waals surface area (Å²) < 4.78 is 5.60. The molecule has 1 N–H and O–H groups in total. The number of Topliss-reactive ketones (excluding diaryl/α,β-unsaturated/α-hetero) is 1. The van der Waals surface area contributed by atoms with Crippen molar-refractivity contribution in [3.8, 4) is 5.75 Å². The SMILES string of the molecule is COc1cc(C)cc2c1C(C)=C(c1c[nH]c3ccccc13)C(=O)C2. The number of aromatic nitrogens is 1. The smallest absolute Gasteiger partial charge is 0.168 e. The zero-order chi connectivity index (χ0) is 16.8. The van der Waals surface area contributed by atoms with Crippen molar-refractivity contribution >= 4 is 27.8 Å². The molecule has 0 saturated carbocycles. The van der Waals surface area contributed by atoms with Gasteiger partial charge in [-0.3, -0.25) is 4.79 Å². The van der Waals surface area contributed by atoms with E-state index in [2.05, 4.69) is 17.1 Å². The first-order valence-electron chi connectivity index (χ1n) is 8.08. The number of carbonyl (C=O) groups excluding carboxylic acids is 1. The number of fused-ring (bicyclic) bond motifs is 2. The minimum Gasteiger partial charge on any atom is -0.496 e. The molecular formula is C21H19NO2. The Morgan fingerprint density at radius 3 is 2.71 bits per heavy atom. The summed E-state index contributed by atoms with van der Waals surface area (Å²) in [5.41, 5.74) is 7.02. The van der Waals surface area contributed by atoms with E-state index in [0.717, 1.165) is 50.1 Å². The second-order valence-corrected chi connectivity index (χ2v) is 6.35. The lowest BCUT2D eigenvalue weighted by molar-refractivity contribution is -0.113. The van der Waals surface area contributed by atoms with Crippen molar-refractivity contribution in [2.75, 3.05) is 7.11 Å². The van der Waals surface area contributed by atoms with E-state index in [-0.39, 0.29) is 5.78 Å². The Hall–Kier alpha value is -2.81. The molecule has 1 heterocycles. The van der Waals surface area contributed by atoms with Crippen LogP contribution in [0.5, 0.6) is 5.75 Å². The summed E-state index contributed by atoms with van der Waals surface area (Å²) in [4.78, 5) is 16.2. The molecule has 0 atom stereocenters. The monoisotopic (exact) mass is 317 g/mol. The van der Waals surface area contributed by atoms with Gasteiger partial charge in [0.05, 0.1) is 7.11 Å². The number of allylic oxidation sites excluding steroid dienone is 2. The molecule has 1 aliphatic rings. The molecule has 120 valence electrons. The summed E-state index contributed by atoms with van der Waals surface area (Å²) in [7, 11) is 1.68. The number of H-pyrrole nitrogens is 1. The van der Waals surface area contributed by atoms with Crippen LogP contribution in [-0.4, -0.2) is 17.9 Å². The van der Waals surface area contributed by atoms with Crippen LogP contribution in [0.3, 0.4) is 0 Å². The minimum absolute atomic E-state index is 0.164. The number of methoxy groups -OCH3 is 1. The zero-order valence-corrected chi connectivity index (χ0v) is 14.1. The van der Waals surface area contributed by atoms with Gasteiger partial charge in [0.2, 0.25) is 0 Å². The lowest BCUT2D eigenvalue weighted by Crippen LogP contribution is -2.15. The van der Waals surface area contributed by atoms with E-state index in [0.29, 0.717) is 6.42 Å². The molecule has 1 aliphatic carbocycles. The summed E-state index contributed by atoms with van der Waals surface area (Å²) >= 11 is 0. The molecule has 0 spiro atoms. The third kappa shape index (κ3) is 2.08. The Kier molecular flexibility index (Phi) is 3.31. The van der Waals surface area contributed by atoms with E-state index >= 15 is 0 Å². The van der Waals surface area contributed by atoms with Crippen LogP contribution in [0.25, 0.3) is 22.0 Å². The second kappa shape index (κ2) is 5.38. The number of ketones is 1. The fourth-order valence-electron chi connectivity index (χ4n) is 3.78. The third-order valence-electron chi connectivity index (χ3n) is 4.79. The number of rotatable bonds is 2. The highest BCUT2D eigenvalue weighted by atomic mass is 16.5. The maximum absolute atomic E-state index is 12.9. The topological polar surface area (TPSA) is 42.1 Å². The maximum atomic E-state index is 12.9. The molecule has 0 saturated heterocycles. The number of aromatic amines is 1. The van der Waals surface area contributed by atoms with Gasteiger partial charge in [0.25, 0.3) is 0 Å². The van der Waals surface area contributed by atoms with Crippen LogP contribution in [0.2, 0.25) is 0 Å². The van der Waals surface area contributed by atoms with Gasteiger partial charge < -0.3 is 9.72 Å². The van der Waals surface area contributed by atoms with Gasteiger partial charge in [0, 0.05) is 40.2 Å². The van der Waals surface area contributed by atoms with E-state index in [1.165, 1.54) is 0 Å². The molecule has 3 nitrogen and oxygen atoms in total. The van der Waals surface area contributed by atoms with E-state index in [4.69, 9.17) is 4.74 Å². The van der Waals surface area contributed by atoms with E-state index in [1.807, 2.05) is 44.3 Å². The fraction of sp³-hybridized carbons (Fsp3) is 0.190. The van der Waals surface area contributed by atoms with Crippen molar-refractivity contribution in [1.82, 2.24) is 4.98 Å². The van der Waals surface area contributed by atoms with Crippen molar-refractivity contribution in [2.45, 2.75) is 20.3 Å². The lowest BCUT2D eigenvalue weighted by atomic mass is 9.81. The molecular weight excluding hydrogens is 298 g/mol. The average molecular weight is 317 g/mol. The molecule has 3 aromatic rings. The van der Waals surface area contributed by atoms with Gasteiger partial charge in [0.15, 0.2) is 5.78 Å². The van der Waals surface area contributed by atoms with Gasteiger partial charge in [-0.15, -0.1) is 0 Å². The lowest BCUT2D eigenvalue weighted by Gasteiger charge is -2.23. The van der Waals surface area contributed by atoms with Crippen LogP contribution < -0.4 is 4.74 Å². The van der Waals surface area contributed by atoms with E-state index < -0.39 is 0 Å². The second-order valence-electron chi connectivity index (χ2n) is 6.35. The van der Waals surface area contributed by atoms with Crippen molar-refractivity contribution in [2.24, 2.45) is 0 Å². The summed E-state index contributed by atoms with van der Waals surface area (Å²) in [6, 6.07) is 12.2. The van der Waals surface area contributed by atoms with Crippen LogP contribution in [-0.2, 0) is 11.2 Å². The van der Waals surface area contributed by atoms with Gasteiger partial charge in [-0.2, -0.15) is 0 Å². The van der Waals surface area contributed by atoms with Crippen molar-refractivity contribution in [3.05, 3.63) is 64.8 Å². The third-order valence-corrected chi connectivity index (χ3v) is 4.79. The predicted molar refractivity (Wildman–Crippen MR) is 97.2 cm³/mol. The molecule has 4 rings (SSSR count). The number of benzene rings is 2. The van der Waals surface area contributed by atoms with Crippen LogP contribution in [0.1, 0.15) is 29.2 Å². The highest BCUT2D eigenvalue weighted by Crippen LogP contribution is 2.41. The first-order chi connectivity index (χ1) is 11.6. The molecule has 3 heteroatoms. The number of aryl methyl sites for hydroxylation is 1. The summed E-state index contributed by atoms with van der Waals surface area (Å²) in [5, 5.41) is 1.08. The van der Waals surface area contributed by atoms with Gasteiger partial charge in [-0.05, 0) is 42.7 Å². The molecule has 1 aromatic heterocycles. The molecule has 0 aliphatic heterocycles. The number of hydrogen-bond donors (Lipinski definition) is 1. The normalized spacial score (nSPS) is 14.2. The van der Waals surface area contributed by atoms with Crippen molar-refractivity contribution in [1.29, 1.82) is 0 Å². The Morgan fingerprint density at radius 2 is 1.92 bits per heavy atom. The molecule has 0 fully saturated rings. The molecule has 0 radical (unpaired) electrons. The molecule has 0 unspecified atom stereocenters. The largest absolute Gasteiger partial charge is 0.496 e. The number of carbonyl (C=O) groups is 1. The Morgan fingerprint density at radius 1 is 1.12 bits per heavy atom. The highest BCUT2D eigenvalue weighted by Gasteiger charge is 2.28. The molecule has 24 heavy (non-hydrogen) atoms. The number of ether oxygens (including phenoxy) is 1. The van der Waals surface area contributed by atoms with Crippen LogP contribution in [0.15, 0.2) is 42.6 Å². The Balaban J connectivity index is 2.02. The standard InChI is InChI=1S/C21H19NO2/c1-12-8-14-10-18(23)21(13(2)20(14)19(9-12)24-3)16-11-22-17-7-5-4-6-15(16)17/h4-9,11,22H,10H2,1-3H3. The number of para-hydroxylation sites is 1. The van der Waals surface area contributed by atoms with Gasteiger partial charge in [-0.25, -0.2) is 0 Å². The summed E-state index contributed by atoms with van der Waals surface area (Å²) in [6.07, 6.45) is 2.35. The number of nitrogens with one attached hydrogen (secondary N) is 1. The molecule has 0 bridgehead atoms. The first kappa shape index (κ1) is 14.8. The maximum Gasteiger partial charge on any atom is 0.168 e. The van der Waals surface area contributed by atoms with Crippen molar-refractivity contribution < 1.29 is 9.53 Å². The minimum atomic E-state index is 0.164. The number of hydrogen-bond acceptors (Lipinski definition) is 2. The Bertz CT molecular complexity index is 1010. The van der Waals surface area contributed by atoms with Crippen LogP contribution in [0, 0.1) is 6.92 Å². The highest BCUT2D eigenvalue weighted by molar-refractivity contribution is 6.32. The van der Waals surface area contributed by atoms with E-state index in [1.54, 1.807) is 7.11 Å². The van der Waals surface area contributed by atoms with Crippen LogP contribution in [0.4, 0.5) is 0 Å². The van der Waals surface area contributed by atoms with E-state index in [9.17, 15) is 4.79 Å². The predicted octanol–water partition coefficient (Wildman–Crippen LogP) is 4.54. The average Bonchev–Trinajstić information content (AvgIpc) is 2.97. The fourth-order valence-corrected chi connectivity index (χ4v) is 3.78. The van der Waals surface area contributed by atoms with Crippen LogP contribution >= 0.6 is 0 Å². The molecule has 0 amide bonds. The quantitative estimate of drug-likeness (QED) is 0.754. The van der Waals surface area contributed by atoms with Gasteiger partial charge in [-0.1, -0.05) is 24.3 Å². The Labute approximate surface area is 141 Å². The van der Waals surface area contributed by atoms with Gasteiger partial charge >= 0.3 is 0 Å².